The van der Waals surface area contributed by atoms with Gasteiger partial charge in [0.05, 0.1) is 0 Å². The smallest absolute Gasteiger partial charge is 0.0322 e. The van der Waals surface area contributed by atoms with E-state index in [4.69, 9.17) is 0 Å². The molecule has 1 N–H and O–H groups in total. The fraction of sp³-hybridized carbons (Fsp3) is 0.700. The average molecular weight is 287 g/mol. The Morgan fingerprint density at radius 2 is 1.76 bits per heavy atom. The van der Waals surface area contributed by atoms with Gasteiger partial charge in [-0.2, -0.15) is 0 Å². The highest BCUT2D eigenvalue weighted by Gasteiger charge is 2.22. The minimum atomic E-state index is 0.537. The molecule has 0 radical (unpaired) electrons. The van der Waals surface area contributed by atoms with Crippen molar-refractivity contribution in [3.8, 4) is 0 Å². The molecule has 1 unspecified atom stereocenters. The third-order valence-electron chi connectivity index (χ3n) is 5.12. The molecular weight excluding hydrogens is 254 g/mol. The van der Waals surface area contributed by atoms with Crippen molar-refractivity contribution in [2.75, 3.05) is 0 Å². The molecule has 0 amide bonds. The minimum Gasteiger partial charge on any atom is -0.307 e. The van der Waals surface area contributed by atoms with Crippen molar-refractivity contribution >= 4 is 0 Å². The van der Waals surface area contributed by atoms with Crippen LogP contribution in [0.25, 0.3) is 0 Å². The number of hydrogen-bond donors (Lipinski definition) is 1. The van der Waals surface area contributed by atoms with Crippen molar-refractivity contribution < 1.29 is 0 Å². The lowest BCUT2D eigenvalue weighted by atomic mass is 9.84. The number of benzene rings is 1. The van der Waals surface area contributed by atoms with E-state index in [1.54, 1.807) is 0 Å². The monoisotopic (exact) mass is 287 g/mol. The van der Waals surface area contributed by atoms with Crippen LogP contribution in [-0.2, 0) is 0 Å². The van der Waals surface area contributed by atoms with E-state index in [0.717, 1.165) is 5.92 Å². The van der Waals surface area contributed by atoms with E-state index in [9.17, 15) is 0 Å². The number of nitrogens with one attached hydrogen (secondary N) is 1. The summed E-state index contributed by atoms with van der Waals surface area (Å²) >= 11 is 0. The predicted octanol–water partition coefficient (Wildman–Crippen LogP) is 5.87. The highest BCUT2D eigenvalue weighted by molar-refractivity contribution is 5.19. The van der Waals surface area contributed by atoms with E-state index in [1.165, 1.54) is 63.4 Å². The molecule has 1 saturated carbocycles. The standard InChI is InChI=1S/C20H33N/c1-3-4-7-16-20(19-14-10-6-11-15-19)21-17(2)18-12-8-5-9-13-18/h6,10-11,14-15,17-18,20-21H,3-5,7-9,12-13,16H2,1-2H3/t17-,20?/m1/s1. The van der Waals surface area contributed by atoms with Crippen LogP contribution in [0.3, 0.4) is 0 Å². The second-order valence-electron chi connectivity index (χ2n) is 6.81. The Bertz CT molecular complexity index is 367. The molecule has 2 atom stereocenters. The largest absolute Gasteiger partial charge is 0.307 e. The molecule has 2 rings (SSSR count). The van der Waals surface area contributed by atoms with Gasteiger partial charge < -0.3 is 5.32 Å². The number of rotatable bonds is 8. The zero-order valence-electron chi connectivity index (χ0n) is 14.0. The zero-order valence-corrected chi connectivity index (χ0v) is 14.0. The Morgan fingerprint density at radius 3 is 2.43 bits per heavy atom. The Labute approximate surface area is 131 Å². The molecule has 0 spiro atoms. The highest BCUT2D eigenvalue weighted by Crippen LogP contribution is 2.29. The summed E-state index contributed by atoms with van der Waals surface area (Å²) in [6.45, 7) is 4.70. The topological polar surface area (TPSA) is 12.0 Å². The highest BCUT2D eigenvalue weighted by atomic mass is 15.0. The lowest BCUT2D eigenvalue weighted by molar-refractivity contribution is 0.259. The quantitative estimate of drug-likeness (QED) is 0.590. The fourth-order valence-electron chi connectivity index (χ4n) is 3.72. The summed E-state index contributed by atoms with van der Waals surface area (Å²) < 4.78 is 0. The van der Waals surface area contributed by atoms with Gasteiger partial charge in [-0.25, -0.2) is 0 Å². The van der Waals surface area contributed by atoms with Gasteiger partial charge in [0.15, 0.2) is 0 Å². The third-order valence-corrected chi connectivity index (χ3v) is 5.12. The summed E-state index contributed by atoms with van der Waals surface area (Å²) in [4.78, 5) is 0. The first-order chi connectivity index (χ1) is 10.3. The SMILES string of the molecule is CCCCCC(N[C@H](C)C1CCCCC1)c1ccccc1. The van der Waals surface area contributed by atoms with Gasteiger partial charge in [0.1, 0.15) is 0 Å². The normalized spacial score (nSPS) is 19.3. The first-order valence-electron chi connectivity index (χ1n) is 9.12. The van der Waals surface area contributed by atoms with Crippen LogP contribution in [0, 0.1) is 5.92 Å². The maximum atomic E-state index is 3.96. The van der Waals surface area contributed by atoms with Gasteiger partial charge in [0.2, 0.25) is 0 Å². The van der Waals surface area contributed by atoms with E-state index in [1.807, 2.05) is 0 Å². The van der Waals surface area contributed by atoms with Crippen molar-refractivity contribution in [3.63, 3.8) is 0 Å². The lowest BCUT2D eigenvalue weighted by Crippen LogP contribution is -2.37. The Balaban J connectivity index is 1.94. The van der Waals surface area contributed by atoms with Crippen LogP contribution in [-0.4, -0.2) is 6.04 Å². The third kappa shape index (κ3) is 5.47. The van der Waals surface area contributed by atoms with Crippen molar-refractivity contribution in [1.82, 2.24) is 5.32 Å². The Morgan fingerprint density at radius 1 is 1.05 bits per heavy atom. The number of hydrogen-bond acceptors (Lipinski definition) is 1. The molecule has 1 aromatic rings. The van der Waals surface area contributed by atoms with Gasteiger partial charge in [-0.1, -0.05) is 75.8 Å². The van der Waals surface area contributed by atoms with Crippen LogP contribution in [0.5, 0.6) is 0 Å². The molecule has 1 aliphatic rings. The second kappa shape index (κ2) is 9.25. The summed E-state index contributed by atoms with van der Waals surface area (Å²) in [5, 5.41) is 3.96. The fourth-order valence-corrected chi connectivity index (χ4v) is 3.72. The van der Waals surface area contributed by atoms with Gasteiger partial charge in [-0.3, -0.25) is 0 Å². The van der Waals surface area contributed by atoms with Gasteiger partial charge in [0, 0.05) is 12.1 Å². The first kappa shape index (κ1) is 16.5. The molecule has 0 heterocycles. The van der Waals surface area contributed by atoms with Crippen LogP contribution >= 0.6 is 0 Å². The predicted molar refractivity (Wildman–Crippen MR) is 92.5 cm³/mol. The summed E-state index contributed by atoms with van der Waals surface area (Å²) in [7, 11) is 0. The van der Waals surface area contributed by atoms with Crippen LogP contribution in [0.15, 0.2) is 30.3 Å². The molecular formula is C20H33N. The molecule has 1 aromatic carbocycles. The van der Waals surface area contributed by atoms with Crippen molar-refractivity contribution in [2.45, 2.75) is 83.7 Å². The summed E-state index contributed by atoms with van der Waals surface area (Å²) in [6, 6.07) is 12.2. The van der Waals surface area contributed by atoms with Crippen LogP contribution in [0.1, 0.15) is 83.2 Å². The molecule has 1 heteroatoms. The molecule has 0 aliphatic heterocycles. The summed E-state index contributed by atoms with van der Waals surface area (Å²) in [5.41, 5.74) is 1.47. The Kier molecular flexibility index (Phi) is 7.29. The molecule has 0 saturated heterocycles. The van der Waals surface area contributed by atoms with Crippen LogP contribution < -0.4 is 5.32 Å². The molecule has 118 valence electrons. The molecule has 21 heavy (non-hydrogen) atoms. The minimum absolute atomic E-state index is 0.537. The first-order valence-corrected chi connectivity index (χ1v) is 9.12. The van der Waals surface area contributed by atoms with Gasteiger partial charge >= 0.3 is 0 Å². The molecule has 1 aliphatic carbocycles. The maximum Gasteiger partial charge on any atom is 0.0322 e. The van der Waals surface area contributed by atoms with E-state index in [0.29, 0.717) is 12.1 Å². The van der Waals surface area contributed by atoms with E-state index >= 15 is 0 Å². The molecule has 1 nitrogen and oxygen atoms in total. The van der Waals surface area contributed by atoms with E-state index < -0.39 is 0 Å². The molecule has 0 bridgehead atoms. The van der Waals surface area contributed by atoms with Gasteiger partial charge in [-0.15, -0.1) is 0 Å². The van der Waals surface area contributed by atoms with Gasteiger partial charge in [0.25, 0.3) is 0 Å². The van der Waals surface area contributed by atoms with Crippen molar-refractivity contribution in [1.29, 1.82) is 0 Å². The van der Waals surface area contributed by atoms with E-state index in [2.05, 4.69) is 49.5 Å². The molecule has 0 aromatic heterocycles. The van der Waals surface area contributed by atoms with Crippen LogP contribution in [0.4, 0.5) is 0 Å². The lowest BCUT2D eigenvalue weighted by Gasteiger charge is -2.32. The van der Waals surface area contributed by atoms with Crippen LogP contribution in [0.2, 0.25) is 0 Å². The zero-order chi connectivity index (χ0) is 14.9. The Hall–Kier alpha value is -0.820. The summed E-state index contributed by atoms with van der Waals surface area (Å²) in [5.74, 6) is 0.885. The molecule has 1 fully saturated rings. The number of unbranched alkanes of at least 4 members (excludes halogenated alkanes) is 2. The summed E-state index contributed by atoms with van der Waals surface area (Å²) in [6.07, 6.45) is 12.4. The second-order valence-corrected chi connectivity index (χ2v) is 6.81. The maximum absolute atomic E-state index is 3.96. The van der Waals surface area contributed by atoms with Gasteiger partial charge in [-0.05, 0) is 37.7 Å². The average Bonchev–Trinajstić information content (AvgIpc) is 2.55. The van der Waals surface area contributed by atoms with Crippen molar-refractivity contribution in [3.05, 3.63) is 35.9 Å². The van der Waals surface area contributed by atoms with E-state index in [-0.39, 0.29) is 0 Å². The van der Waals surface area contributed by atoms with Crippen molar-refractivity contribution in [2.24, 2.45) is 5.92 Å².